The second-order valence-electron chi connectivity index (χ2n) is 7.90. The van der Waals surface area contributed by atoms with E-state index in [-0.39, 0.29) is 19.1 Å². The number of hydrogen-bond donors (Lipinski definition) is 2. The molecular formula is C26H28F3N3O6. The number of methoxy groups -OCH3 is 1. The number of likely N-dealkylation sites (N-methyl/N-ethyl adjacent to an activating group) is 1. The van der Waals surface area contributed by atoms with Gasteiger partial charge in [0.2, 0.25) is 5.91 Å². The molecule has 2 N–H and O–H groups in total. The summed E-state index contributed by atoms with van der Waals surface area (Å²) in [7, 11) is 3.37. The zero-order valence-corrected chi connectivity index (χ0v) is 21.0. The lowest BCUT2D eigenvalue weighted by molar-refractivity contribution is -0.192. The van der Waals surface area contributed by atoms with E-state index in [2.05, 4.69) is 4.98 Å². The molecule has 0 saturated heterocycles. The molecule has 0 spiro atoms. The van der Waals surface area contributed by atoms with Crippen molar-refractivity contribution in [1.29, 1.82) is 0 Å². The number of imidazole rings is 1. The number of carbonyl (C=O) groups is 2. The molecule has 12 heteroatoms. The Morgan fingerprint density at radius 3 is 2.47 bits per heavy atom. The third kappa shape index (κ3) is 9.28. The van der Waals surface area contributed by atoms with E-state index >= 15 is 0 Å². The summed E-state index contributed by atoms with van der Waals surface area (Å²) in [5.41, 5.74) is 3.61. The number of halogens is 3. The largest absolute Gasteiger partial charge is 0.495 e. The van der Waals surface area contributed by atoms with Gasteiger partial charge in [0.15, 0.2) is 0 Å². The van der Waals surface area contributed by atoms with Gasteiger partial charge in [-0.1, -0.05) is 18.2 Å². The van der Waals surface area contributed by atoms with Crippen molar-refractivity contribution in [3.8, 4) is 17.2 Å². The Hall–Kier alpha value is -4.32. The number of nitrogens with zero attached hydrogens (tertiary/aromatic N) is 3. The molecule has 0 atom stereocenters. The summed E-state index contributed by atoms with van der Waals surface area (Å²) in [5, 5.41) is 16.0. The van der Waals surface area contributed by atoms with Crippen LogP contribution in [0.25, 0.3) is 11.8 Å². The summed E-state index contributed by atoms with van der Waals surface area (Å²) in [4.78, 5) is 27.3. The number of carboxylic acid groups (broad SMARTS) is 1. The predicted molar refractivity (Wildman–Crippen MR) is 133 cm³/mol. The summed E-state index contributed by atoms with van der Waals surface area (Å²) in [5.74, 6) is -1.51. The van der Waals surface area contributed by atoms with E-state index in [1.807, 2.05) is 60.2 Å². The van der Waals surface area contributed by atoms with Crippen molar-refractivity contribution >= 4 is 18.0 Å². The molecule has 0 radical (unpaired) electrons. The van der Waals surface area contributed by atoms with Gasteiger partial charge in [-0.25, -0.2) is 9.78 Å². The molecule has 0 aliphatic heterocycles. The molecule has 3 rings (SSSR count). The maximum atomic E-state index is 12.6. The zero-order chi connectivity index (χ0) is 28.3. The fourth-order valence-electron chi connectivity index (χ4n) is 3.11. The molecule has 0 unspecified atom stereocenters. The van der Waals surface area contributed by atoms with Gasteiger partial charge >= 0.3 is 12.1 Å². The number of aryl methyl sites for hydroxylation is 1. The summed E-state index contributed by atoms with van der Waals surface area (Å²) in [6.07, 6.45) is 1.90. The van der Waals surface area contributed by atoms with Crippen LogP contribution in [0.15, 0.2) is 61.1 Å². The Bertz CT molecular complexity index is 1260. The van der Waals surface area contributed by atoms with Crippen LogP contribution in [0.3, 0.4) is 0 Å². The number of aliphatic hydroxyl groups is 1. The van der Waals surface area contributed by atoms with Crippen molar-refractivity contribution in [2.75, 3.05) is 27.4 Å². The molecule has 1 aromatic heterocycles. The molecule has 204 valence electrons. The fourth-order valence-corrected chi connectivity index (χ4v) is 3.11. The third-order valence-electron chi connectivity index (χ3n) is 4.91. The van der Waals surface area contributed by atoms with Crippen LogP contribution in [0.2, 0.25) is 0 Å². The van der Waals surface area contributed by atoms with Gasteiger partial charge in [0.25, 0.3) is 0 Å². The number of aromatic nitrogens is 2. The standard InChI is InChI=1S/C24H27N3O4.C2HF3O2/c1-18-15-27(17-25-18)22-9-7-19(14-23(22)30-3)8-10-24(29)26(2)16-20-5-4-6-21(13-20)31-12-11-28;3-2(4,5)1(6)7/h4-10,13-15,17,28H,11-12,16H2,1-3H3;(H,6,7). The lowest BCUT2D eigenvalue weighted by Crippen LogP contribution is -2.24. The quantitative estimate of drug-likeness (QED) is 0.400. The lowest BCUT2D eigenvalue weighted by Gasteiger charge is -2.16. The molecule has 0 saturated carbocycles. The molecular weight excluding hydrogens is 507 g/mol. The van der Waals surface area contributed by atoms with E-state index in [0.717, 1.165) is 22.5 Å². The molecule has 1 amide bonds. The number of benzene rings is 2. The van der Waals surface area contributed by atoms with Crippen LogP contribution in [0, 0.1) is 6.92 Å². The van der Waals surface area contributed by atoms with Crippen LogP contribution in [0.4, 0.5) is 13.2 Å². The van der Waals surface area contributed by atoms with Crippen molar-refractivity contribution in [2.45, 2.75) is 19.6 Å². The molecule has 0 bridgehead atoms. The Balaban J connectivity index is 0.000000638. The average molecular weight is 536 g/mol. The summed E-state index contributed by atoms with van der Waals surface area (Å²) < 4.78 is 44.6. The highest BCUT2D eigenvalue weighted by Gasteiger charge is 2.38. The van der Waals surface area contributed by atoms with Gasteiger partial charge in [-0.05, 0) is 48.4 Å². The SMILES string of the molecule is COc1cc(C=CC(=O)N(C)Cc2cccc(OCCO)c2)ccc1-n1cnc(C)c1.O=C(O)C(F)(F)F. The first-order chi connectivity index (χ1) is 17.9. The zero-order valence-electron chi connectivity index (χ0n) is 21.0. The number of aliphatic carboxylic acids is 1. The van der Waals surface area contributed by atoms with Crippen LogP contribution >= 0.6 is 0 Å². The second kappa shape index (κ2) is 13.8. The van der Waals surface area contributed by atoms with Gasteiger partial charge in [0, 0.05) is 25.9 Å². The van der Waals surface area contributed by atoms with E-state index in [1.54, 1.807) is 37.5 Å². The van der Waals surface area contributed by atoms with Gasteiger partial charge in [-0.2, -0.15) is 13.2 Å². The second-order valence-corrected chi connectivity index (χ2v) is 7.90. The Morgan fingerprint density at radius 1 is 1.18 bits per heavy atom. The Morgan fingerprint density at radius 2 is 1.89 bits per heavy atom. The van der Waals surface area contributed by atoms with Crippen LogP contribution in [0.5, 0.6) is 11.5 Å². The predicted octanol–water partition coefficient (Wildman–Crippen LogP) is 3.87. The fraction of sp³-hybridized carbons (Fsp3) is 0.269. The number of alkyl halides is 3. The topological polar surface area (TPSA) is 114 Å². The van der Waals surface area contributed by atoms with Gasteiger partial charge in [-0.3, -0.25) is 4.79 Å². The summed E-state index contributed by atoms with van der Waals surface area (Å²) in [6, 6.07) is 13.2. The molecule has 1 heterocycles. The number of amides is 1. The van der Waals surface area contributed by atoms with Crippen LogP contribution in [0.1, 0.15) is 16.8 Å². The van der Waals surface area contributed by atoms with Gasteiger partial charge < -0.3 is 29.2 Å². The number of hydrogen-bond acceptors (Lipinski definition) is 6. The maximum absolute atomic E-state index is 12.6. The molecule has 3 aromatic rings. The van der Waals surface area contributed by atoms with Crippen LogP contribution < -0.4 is 9.47 Å². The molecule has 0 fully saturated rings. The number of carboxylic acids is 1. The first-order valence-corrected chi connectivity index (χ1v) is 11.2. The monoisotopic (exact) mass is 535 g/mol. The number of carbonyl (C=O) groups excluding carboxylic acids is 1. The van der Waals surface area contributed by atoms with E-state index in [9.17, 15) is 18.0 Å². The number of ether oxygens (including phenoxy) is 2. The molecule has 0 aliphatic carbocycles. The molecule has 38 heavy (non-hydrogen) atoms. The highest BCUT2D eigenvalue weighted by molar-refractivity contribution is 5.91. The third-order valence-corrected chi connectivity index (χ3v) is 4.91. The van der Waals surface area contributed by atoms with Gasteiger partial charge in [0.1, 0.15) is 18.1 Å². The molecule has 9 nitrogen and oxygen atoms in total. The molecule has 2 aromatic carbocycles. The smallest absolute Gasteiger partial charge is 0.490 e. The van der Waals surface area contributed by atoms with E-state index in [4.69, 9.17) is 24.5 Å². The average Bonchev–Trinajstić information content (AvgIpc) is 3.31. The number of rotatable bonds is 9. The van der Waals surface area contributed by atoms with Gasteiger partial charge in [-0.15, -0.1) is 0 Å². The minimum atomic E-state index is -5.08. The Labute approximate surface area is 217 Å². The molecule has 0 aliphatic rings. The Kier molecular flexibility index (Phi) is 10.9. The summed E-state index contributed by atoms with van der Waals surface area (Å²) >= 11 is 0. The van der Waals surface area contributed by atoms with E-state index in [0.29, 0.717) is 18.0 Å². The first kappa shape index (κ1) is 29.9. The van der Waals surface area contributed by atoms with Gasteiger partial charge in [0.05, 0.1) is 31.4 Å². The number of aliphatic hydroxyl groups excluding tert-OH is 1. The summed E-state index contributed by atoms with van der Waals surface area (Å²) in [6.45, 7) is 2.58. The first-order valence-electron chi connectivity index (χ1n) is 11.2. The highest BCUT2D eigenvalue weighted by atomic mass is 19.4. The van der Waals surface area contributed by atoms with Crippen molar-refractivity contribution < 1.29 is 42.4 Å². The van der Waals surface area contributed by atoms with Crippen molar-refractivity contribution in [3.05, 3.63) is 77.9 Å². The minimum Gasteiger partial charge on any atom is -0.495 e. The normalized spacial score (nSPS) is 11.0. The van der Waals surface area contributed by atoms with Crippen molar-refractivity contribution in [3.63, 3.8) is 0 Å². The van der Waals surface area contributed by atoms with Crippen LogP contribution in [-0.2, 0) is 16.1 Å². The maximum Gasteiger partial charge on any atom is 0.490 e. The van der Waals surface area contributed by atoms with E-state index < -0.39 is 12.1 Å². The minimum absolute atomic E-state index is 0.0405. The lowest BCUT2D eigenvalue weighted by atomic mass is 10.1. The van der Waals surface area contributed by atoms with Crippen molar-refractivity contribution in [2.24, 2.45) is 0 Å². The highest BCUT2D eigenvalue weighted by Crippen LogP contribution is 2.25. The van der Waals surface area contributed by atoms with E-state index in [1.165, 1.54) is 0 Å². The van der Waals surface area contributed by atoms with Crippen LogP contribution in [-0.4, -0.2) is 70.1 Å². The van der Waals surface area contributed by atoms with Crippen molar-refractivity contribution in [1.82, 2.24) is 14.5 Å².